The summed E-state index contributed by atoms with van der Waals surface area (Å²) in [5.41, 5.74) is 0.736. The molecule has 0 unspecified atom stereocenters. The molecular formula is C20H16F3NO2S. The predicted octanol–water partition coefficient (Wildman–Crippen LogP) is 4.81. The fourth-order valence-corrected chi connectivity index (χ4v) is 4.19. The van der Waals surface area contributed by atoms with Crippen LogP contribution in [0, 0.1) is 24.4 Å². The molecule has 0 saturated carbocycles. The highest BCUT2D eigenvalue weighted by molar-refractivity contribution is 7.92. The zero-order valence-electron chi connectivity index (χ0n) is 14.4. The Morgan fingerprint density at radius 2 is 1.56 bits per heavy atom. The van der Waals surface area contributed by atoms with Crippen LogP contribution in [0.2, 0.25) is 0 Å². The molecule has 0 aliphatic rings. The van der Waals surface area contributed by atoms with Crippen molar-refractivity contribution in [2.24, 2.45) is 0 Å². The smallest absolute Gasteiger partial charge is 0.262 e. The molecule has 140 valence electrons. The van der Waals surface area contributed by atoms with Crippen LogP contribution in [-0.4, -0.2) is 8.42 Å². The Bertz CT molecular complexity index is 1080. The van der Waals surface area contributed by atoms with Gasteiger partial charge in [0.25, 0.3) is 10.0 Å². The summed E-state index contributed by atoms with van der Waals surface area (Å²) >= 11 is 0. The number of hydrogen-bond acceptors (Lipinski definition) is 2. The second-order valence-electron chi connectivity index (χ2n) is 6.04. The Balaban J connectivity index is 2.12. The summed E-state index contributed by atoms with van der Waals surface area (Å²) in [6.07, 6.45) is 0. The molecule has 3 aromatic rings. The Morgan fingerprint density at radius 1 is 0.852 bits per heavy atom. The number of nitrogens with zero attached hydrogens (tertiary/aromatic N) is 1. The second-order valence-corrected chi connectivity index (χ2v) is 7.91. The van der Waals surface area contributed by atoms with Gasteiger partial charge < -0.3 is 0 Å². The van der Waals surface area contributed by atoms with E-state index in [1.807, 2.05) is 0 Å². The maximum absolute atomic E-state index is 14.1. The van der Waals surface area contributed by atoms with E-state index >= 15 is 0 Å². The van der Waals surface area contributed by atoms with E-state index in [2.05, 4.69) is 0 Å². The number of benzene rings is 3. The van der Waals surface area contributed by atoms with Crippen LogP contribution in [0.5, 0.6) is 0 Å². The minimum atomic E-state index is -4.11. The summed E-state index contributed by atoms with van der Waals surface area (Å²) < 4.78 is 68.3. The summed E-state index contributed by atoms with van der Waals surface area (Å²) in [5, 5.41) is 0. The number of anilines is 1. The molecule has 0 fully saturated rings. The van der Waals surface area contributed by atoms with E-state index in [4.69, 9.17) is 0 Å². The van der Waals surface area contributed by atoms with E-state index in [1.165, 1.54) is 36.4 Å². The molecule has 0 radical (unpaired) electrons. The first-order valence-corrected chi connectivity index (χ1v) is 9.50. The van der Waals surface area contributed by atoms with Crippen molar-refractivity contribution in [2.45, 2.75) is 18.4 Å². The van der Waals surface area contributed by atoms with Crippen LogP contribution in [0.15, 0.2) is 71.6 Å². The van der Waals surface area contributed by atoms with Crippen molar-refractivity contribution in [3.8, 4) is 0 Å². The topological polar surface area (TPSA) is 37.4 Å². The van der Waals surface area contributed by atoms with Gasteiger partial charge in [0.1, 0.15) is 17.5 Å². The van der Waals surface area contributed by atoms with Crippen molar-refractivity contribution in [1.29, 1.82) is 0 Å². The van der Waals surface area contributed by atoms with Crippen LogP contribution in [0.3, 0.4) is 0 Å². The SMILES string of the molecule is Cc1cccc(S(=O)(=O)N(Cc2ccc(F)cc2F)c2cccc(F)c2)c1. The molecule has 0 aliphatic heterocycles. The van der Waals surface area contributed by atoms with Gasteiger partial charge in [-0.05, 0) is 48.9 Å². The molecule has 0 atom stereocenters. The largest absolute Gasteiger partial charge is 0.264 e. The maximum atomic E-state index is 14.1. The van der Waals surface area contributed by atoms with E-state index in [9.17, 15) is 21.6 Å². The van der Waals surface area contributed by atoms with Gasteiger partial charge in [0.2, 0.25) is 0 Å². The van der Waals surface area contributed by atoms with Crippen LogP contribution >= 0.6 is 0 Å². The molecule has 0 aliphatic carbocycles. The van der Waals surface area contributed by atoms with Gasteiger partial charge in [0, 0.05) is 11.6 Å². The molecule has 0 N–H and O–H groups in total. The lowest BCUT2D eigenvalue weighted by Crippen LogP contribution is -2.31. The van der Waals surface area contributed by atoms with Crippen LogP contribution in [0.4, 0.5) is 18.9 Å². The van der Waals surface area contributed by atoms with E-state index in [0.29, 0.717) is 6.07 Å². The summed E-state index contributed by atoms with van der Waals surface area (Å²) in [5.74, 6) is -2.28. The third kappa shape index (κ3) is 4.14. The Kier molecular flexibility index (Phi) is 5.23. The molecular weight excluding hydrogens is 375 g/mol. The van der Waals surface area contributed by atoms with Gasteiger partial charge in [-0.15, -0.1) is 0 Å². The lowest BCUT2D eigenvalue weighted by atomic mass is 10.2. The standard InChI is InChI=1S/C20H16F3NO2S/c1-14-4-2-7-19(10-14)27(25,26)24(18-6-3-5-16(21)11-18)13-15-8-9-17(22)12-20(15)23/h2-12H,13H2,1H3. The van der Waals surface area contributed by atoms with Crippen molar-refractivity contribution in [3.63, 3.8) is 0 Å². The first-order chi connectivity index (χ1) is 12.8. The molecule has 3 rings (SSSR count). The van der Waals surface area contributed by atoms with E-state index < -0.39 is 34.0 Å². The average molecular weight is 391 g/mol. The van der Waals surface area contributed by atoms with Gasteiger partial charge in [-0.3, -0.25) is 4.31 Å². The van der Waals surface area contributed by atoms with Crippen LogP contribution in [0.25, 0.3) is 0 Å². The molecule has 7 heteroatoms. The summed E-state index contributed by atoms with van der Waals surface area (Å²) in [4.78, 5) is -0.00530. The number of halogens is 3. The van der Waals surface area contributed by atoms with Crippen LogP contribution < -0.4 is 4.31 Å². The van der Waals surface area contributed by atoms with E-state index in [0.717, 1.165) is 22.0 Å². The molecule has 0 bridgehead atoms. The quantitative estimate of drug-likeness (QED) is 0.626. The summed E-state index contributed by atoms with van der Waals surface area (Å²) in [7, 11) is -4.11. The number of sulfonamides is 1. The van der Waals surface area contributed by atoms with Gasteiger partial charge in [-0.2, -0.15) is 0 Å². The summed E-state index contributed by atoms with van der Waals surface area (Å²) in [6.45, 7) is 1.33. The first kappa shape index (κ1) is 19.0. The van der Waals surface area contributed by atoms with E-state index in [-0.39, 0.29) is 16.1 Å². The number of aryl methyl sites for hydroxylation is 1. The fraction of sp³-hybridized carbons (Fsp3) is 0.100. The zero-order chi connectivity index (χ0) is 19.6. The molecule has 0 heterocycles. The first-order valence-electron chi connectivity index (χ1n) is 8.06. The highest BCUT2D eigenvalue weighted by Crippen LogP contribution is 2.27. The second kappa shape index (κ2) is 7.44. The lowest BCUT2D eigenvalue weighted by Gasteiger charge is -2.25. The average Bonchev–Trinajstić information content (AvgIpc) is 2.61. The normalized spacial score (nSPS) is 11.4. The van der Waals surface area contributed by atoms with Crippen molar-refractivity contribution >= 4 is 15.7 Å². The Morgan fingerprint density at radius 3 is 2.22 bits per heavy atom. The molecule has 0 amide bonds. The van der Waals surface area contributed by atoms with Crippen molar-refractivity contribution < 1.29 is 21.6 Å². The zero-order valence-corrected chi connectivity index (χ0v) is 15.2. The number of hydrogen-bond donors (Lipinski definition) is 0. The molecule has 3 nitrogen and oxygen atoms in total. The molecule has 0 spiro atoms. The van der Waals surface area contributed by atoms with Gasteiger partial charge in [-0.25, -0.2) is 21.6 Å². The highest BCUT2D eigenvalue weighted by Gasteiger charge is 2.26. The Labute approximate surface area is 155 Å². The highest BCUT2D eigenvalue weighted by atomic mass is 32.2. The summed E-state index contributed by atoms with van der Waals surface area (Å²) in [6, 6.07) is 14.1. The minimum absolute atomic E-state index is 0.00530. The molecule has 0 saturated heterocycles. The minimum Gasteiger partial charge on any atom is -0.262 e. The number of rotatable bonds is 5. The van der Waals surface area contributed by atoms with Gasteiger partial charge in [0.05, 0.1) is 17.1 Å². The monoisotopic (exact) mass is 391 g/mol. The van der Waals surface area contributed by atoms with Gasteiger partial charge in [0.15, 0.2) is 0 Å². The van der Waals surface area contributed by atoms with E-state index in [1.54, 1.807) is 19.1 Å². The lowest BCUT2D eigenvalue weighted by molar-refractivity contribution is 0.569. The molecule has 27 heavy (non-hydrogen) atoms. The maximum Gasteiger partial charge on any atom is 0.264 e. The van der Waals surface area contributed by atoms with Crippen molar-refractivity contribution in [3.05, 3.63) is 95.3 Å². The predicted molar refractivity (Wildman–Crippen MR) is 97.3 cm³/mol. The third-order valence-corrected chi connectivity index (χ3v) is 5.77. The van der Waals surface area contributed by atoms with Crippen molar-refractivity contribution in [2.75, 3.05) is 4.31 Å². The van der Waals surface area contributed by atoms with Crippen molar-refractivity contribution in [1.82, 2.24) is 0 Å². The van der Waals surface area contributed by atoms with Crippen LogP contribution in [-0.2, 0) is 16.6 Å². The Hall–Kier alpha value is -2.80. The fourth-order valence-electron chi connectivity index (χ4n) is 2.65. The molecule has 3 aromatic carbocycles. The van der Waals surface area contributed by atoms with Gasteiger partial charge in [-0.1, -0.05) is 24.3 Å². The molecule has 0 aromatic heterocycles. The van der Waals surface area contributed by atoms with Gasteiger partial charge >= 0.3 is 0 Å². The van der Waals surface area contributed by atoms with Crippen LogP contribution in [0.1, 0.15) is 11.1 Å². The third-order valence-electron chi connectivity index (χ3n) is 4.00.